The molecule has 8 heteroatoms. The van der Waals surface area contributed by atoms with Crippen molar-refractivity contribution in [1.82, 2.24) is 4.90 Å². The molecule has 2 heterocycles. The summed E-state index contributed by atoms with van der Waals surface area (Å²) in [6, 6.07) is 5.33. The fourth-order valence-electron chi connectivity index (χ4n) is 3.54. The Hall–Kier alpha value is -2.45. The van der Waals surface area contributed by atoms with Crippen LogP contribution in [0.2, 0.25) is 0 Å². The summed E-state index contributed by atoms with van der Waals surface area (Å²) in [4.78, 5) is 40.9. The van der Waals surface area contributed by atoms with Crippen LogP contribution < -0.4 is 4.90 Å². The van der Waals surface area contributed by atoms with Gasteiger partial charge in [-0.2, -0.15) is 0 Å². The zero-order valence-electron chi connectivity index (χ0n) is 17.3. The molecule has 1 aromatic rings. The van der Waals surface area contributed by atoms with E-state index < -0.39 is 29.7 Å². The first kappa shape index (κ1) is 21.3. The predicted octanol–water partition coefficient (Wildman–Crippen LogP) is 1.49. The molecule has 1 fully saturated rings. The molecule has 29 heavy (non-hydrogen) atoms. The Morgan fingerprint density at radius 2 is 2.07 bits per heavy atom. The highest BCUT2D eigenvalue weighted by atomic mass is 16.6. The Morgan fingerprint density at radius 1 is 1.34 bits per heavy atom. The lowest BCUT2D eigenvalue weighted by Crippen LogP contribution is -2.55. The summed E-state index contributed by atoms with van der Waals surface area (Å²) < 4.78 is 10.5. The smallest absolute Gasteiger partial charge is 0.338 e. The second-order valence-corrected chi connectivity index (χ2v) is 8.33. The van der Waals surface area contributed by atoms with Crippen molar-refractivity contribution in [3.8, 4) is 0 Å². The van der Waals surface area contributed by atoms with Crippen LogP contribution in [0.5, 0.6) is 0 Å². The first-order valence-corrected chi connectivity index (χ1v) is 9.88. The molecule has 2 aliphatic heterocycles. The van der Waals surface area contributed by atoms with Crippen LogP contribution in [0.4, 0.5) is 5.69 Å². The number of aliphatic hydroxyl groups excluding tert-OH is 1. The second-order valence-electron chi connectivity index (χ2n) is 8.33. The van der Waals surface area contributed by atoms with Gasteiger partial charge in [-0.3, -0.25) is 9.59 Å². The van der Waals surface area contributed by atoms with Gasteiger partial charge in [0.25, 0.3) is 11.8 Å². The quantitative estimate of drug-likeness (QED) is 0.747. The lowest BCUT2D eigenvalue weighted by atomic mass is 10.1. The Balaban J connectivity index is 1.78. The number of fused-ring (bicyclic) bond motifs is 1. The number of morpholine rings is 1. The Morgan fingerprint density at radius 3 is 2.72 bits per heavy atom. The van der Waals surface area contributed by atoms with Crippen LogP contribution in [0, 0.1) is 0 Å². The molecule has 0 saturated carbocycles. The van der Waals surface area contributed by atoms with Crippen LogP contribution in [0.3, 0.4) is 0 Å². The van der Waals surface area contributed by atoms with Gasteiger partial charge >= 0.3 is 5.97 Å². The van der Waals surface area contributed by atoms with Crippen LogP contribution in [0.1, 0.15) is 50.0 Å². The van der Waals surface area contributed by atoms with E-state index >= 15 is 0 Å². The number of hydrogen-bond donors (Lipinski definition) is 1. The number of hydrogen-bond acceptors (Lipinski definition) is 6. The van der Waals surface area contributed by atoms with Gasteiger partial charge in [-0.15, -0.1) is 0 Å². The fourth-order valence-corrected chi connectivity index (χ4v) is 3.54. The summed E-state index contributed by atoms with van der Waals surface area (Å²) in [5.74, 6) is -1.49. The molecule has 1 aromatic carbocycles. The van der Waals surface area contributed by atoms with Crippen molar-refractivity contribution in [3.63, 3.8) is 0 Å². The summed E-state index contributed by atoms with van der Waals surface area (Å²) in [6.45, 7) is 8.73. The third-order valence-corrected chi connectivity index (χ3v) is 4.83. The molecule has 1 N–H and O–H groups in total. The molecule has 2 aliphatic rings. The van der Waals surface area contributed by atoms with E-state index in [4.69, 9.17) is 9.47 Å². The highest BCUT2D eigenvalue weighted by molar-refractivity contribution is 6.03. The SMILES string of the molecule is CCCN1Cc2ccc(N3CCO[C@H]([C@@H](O)C(=O)OC(C)(C)C)C3=O)cc2C1=O. The van der Waals surface area contributed by atoms with Gasteiger partial charge in [-0.25, -0.2) is 4.79 Å². The molecule has 0 aliphatic carbocycles. The minimum Gasteiger partial charge on any atom is -0.458 e. The van der Waals surface area contributed by atoms with Crippen molar-refractivity contribution >= 4 is 23.5 Å². The van der Waals surface area contributed by atoms with E-state index in [9.17, 15) is 19.5 Å². The highest BCUT2D eigenvalue weighted by Gasteiger charge is 2.41. The molecular weight excluding hydrogens is 376 g/mol. The first-order chi connectivity index (χ1) is 13.6. The number of nitrogens with zero attached hydrogens (tertiary/aromatic N) is 2. The summed E-state index contributed by atoms with van der Waals surface area (Å²) in [5, 5.41) is 10.3. The van der Waals surface area contributed by atoms with Crippen molar-refractivity contribution in [2.24, 2.45) is 0 Å². The zero-order chi connectivity index (χ0) is 21.3. The maximum Gasteiger partial charge on any atom is 0.338 e. The van der Waals surface area contributed by atoms with Crippen LogP contribution in [-0.2, 0) is 25.6 Å². The van der Waals surface area contributed by atoms with E-state index in [1.165, 1.54) is 4.90 Å². The van der Waals surface area contributed by atoms with Crippen molar-refractivity contribution in [3.05, 3.63) is 29.3 Å². The largest absolute Gasteiger partial charge is 0.458 e. The van der Waals surface area contributed by atoms with Gasteiger partial charge in [0.2, 0.25) is 0 Å². The van der Waals surface area contributed by atoms with Crippen molar-refractivity contribution in [1.29, 1.82) is 0 Å². The van der Waals surface area contributed by atoms with Crippen molar-refractivity contribution < 1.29 is 29.0 Å². The number of ether oxygens (including phenoxy) is 2. The number of carbonyl (C=O) groups excluding carboxylic acids is 3. The molecule has 0 radical (unpaired) electrons. The molecular formula is C21H28N2O6. The van der Waals surface area contributed by atoms with E-state index in [0.29, 0.717) is 24.3 Å². The first-order valence-electron chi connectivity index (χ1n) is 9.88. The van der Waals surface area contributed by atoms with Crippen molar-refractivity contribution in [2.75, 3.05) is 24.6 Å². The standard InChI is InChI=1S/C21H28N2O6/c1-5-8-22-12-13-6-7-14(11-15(13)18(22)25)23-9-10-28-17(19(23)26)16(24)20(27)29-21(2,3)4/h6-7,11,16-17,24H,5,8-10,12H2,1-4H3/t16-,17-/m1/s1. The zero-order valence-corrected chi connectivity index (χ0v) is 17.3. The minimum absolute atomic E-state index is 0.0465. The normalized spacial score (nSPS) is 20.7. The molecule has 0 aromatic heterocycles. The van der Waals surface area contributed by atoms with Crippen LogP contribution in [0.15, 0.2) is 18.2 Å². The third-order valence-electron chi connectivity index (χ3n) is 4.83. The average Bonchev–Trinajstić information content (AvgIpc) is 2.96. The lowest BCUT2D eigenvalue weighted by Gasteiger charge is -2.34. The Labute approximate surface area is 170 Å². The fraction of sp³-hybridized carbons (Fsp3) is 0.571. The molecule has 0 unspecified atom stereocenters. The van der Waals surface area contributed by atoms with Gasteiger partial charge in [0, 0.05) is 30.9 Å². The number of carbonyl (C=O) groups is 3. The number of benzene rings is 1. The van der Waals surface area contributed by atoms with Gasteiger partial charge in [-0.05, 0) is 44.9 Å². The number of anilines is 1. The summed E-state index contributed by atoms with van der Waals surface area (Å²) in [5.41, 5.74) is 1.27. The second kappa shape index (κ2) is 8.12. The van der Waals surface area contributed by atoms with Gasteiger partial charge in [0.05, 0.1) is 6.61 Å². The predicted molar refractivity (Wildman–Crippen MR) is 105 cm³/mol. The molecule has 8 nitrogen and oxygen atoms in total. The van der Waals surface area contributed by atoms with Crippen LogP contribution >= 0.6 is 0 Å². The van der Waals surface area contributed by atoms with E-state index in [0.717, 1.165) is 12.0 Å². The van der Waals surface area contributed by atoms with Gasteiger partial charge in [0.15, 0.2) is 12.2 Å². The highest BCUT2D eigenvalue weighted by Crippen LogP contribution is 2.29. The molecule has 0 spiro atoms. The summed E-state index contributed by atoms with van der Waals surface area (Å²) in [6.07, 6.45) is -2.20. The van der Waals surface area contributed by atoms with E-state index in [-0.39, 0.29) is 19.1 Å². The number of esters is 1. The topological polar surface area (TPSA) is 96.4 Å². The van der Waals surface area contributed by atoms with E-state index in [2.05, 4.69) is 0 Å². The summed E-state index contributed by atoms with van der Waals surface area (Å²) >= 11 is 0. The maximum atomic E-state index is 12.9. The average molecular weight is 404 g/mol. The lowest BCUT2D eigenvalue weighted by molar-refractivity contribution is -0.177. The van der Waals surface area contributed by atoms with Gasteiger partial charge in [0.1, 0.15) is 5.60 Å². The summed E-state index contributed by atoms with van der Waals surface area (Å²) in [7, 11) is 0. The number of aliphatic hydroxyl groups is 1. The third kappa shape index (κ3) is 4.43. The van der Waals surface area contributed by atoms with Crippen LogP contribution in [-0.4, -0.2) is 65.3 Å². The molecule has 3 rings (SSSR count). The van der Waals surface area contributed by atoms with Gasteiger partial charge in [-0.1, -0.05) is 13.0 Å². The van der Waals surface area contributed by atoms with Crippen molar-refractivity contribution in [2.45, 2.75) is 58.5 Å². The molecule has 1 saturated heterocycles. The number of rotatable bonds is 5. The Kier molecular flexibility index (Phi) is 5.95. The maximum absolute atomic E-state index is 12.9. The molecule has 2 atom stereocenters. The minimum atomic E-state index is -1.72. The molecule has 2 amide bonds. The van der Waals surface area contributed by atoms with Crippen LogP contribution in [0.25, 0.3) is 0 Å². The monoisotopic (exact) mass is 404 g/mol. The molecule has 158 valence electrons. The number of amides is 2. The van der Waals surface area contributed by atoms with E-state index in [1.54, 1.807) is 37.8 Å². The van der Waals surface area contributed by atoms with E-state index in [1.807, 2.05) is 13.0 Å². The molecule has 0 bridgehead atoms. The Bertz CT molecular complexity index is 816. The van der Waals surface area contributed by atoms with Gasteiger partial charge < -0.3 is 24.4 Å².